The van der Waals surface area contributed by atoms with Crippen LogP contribution >= 0.6 is 11.6 Å². The van der Waals surface area contributed by atoms with Crippen molar-refractivity contribution in [3.8, 4) is 11.3 Å². The number of nitrogens with one attached hydrogen (secondary N) is 1. The summed E-state index contributed by atoms with van der Waals surface area (Å²) in [5.74, 6) is 1.31. The third-order valence-corrected chi connectivity index (χ3v) is 3.14. The molecule has 6 heteroatoms. The third-order valence-electron chi connectivity index (χ3n) is 2.81. The fraction of sp³-hybridized carbons (Fsp3) is 0.286. The highest BCUT2D eigenvalue weighted by atomic mass is 35.5. The highest BCUT2D eigenvalue weighted by Crippen LogP contribution is 2.32. The minimum atomic E-state index is -0.452. The zero-order valence-electron chi connectivity index (χ0n) is 11.1. The van der Waals surface area contributed by atoms with Crippen LogP contribution in [0, 0.1) is 10.1 Å². The molecule has 0 spiro atoms. The number of rotatable bonds is 6. The number of benzene rings is 1. The first-order chi connectivity index (χ1) is 9.61. The van der Waals surface area contributed by atoms with Crippen LogP contribution in [-0.4, -0.2) is 11.5 Å². The Kier molecular flexibility index (Phi) is 4.76. The van der Waals surface area contributed by atoms with Crippen molar-refractivity contribution in [2.75, 3.05) is 6.54 Å². The third kappa shape index (κ3) is 3.37. The van der Waals surface area contributed by atoms with E-state index in [2.05, 4.69) is 12.2 Å². The van der Waals surface area contributed by atoms with Gasteiger partial charge < -0.3 is 9.73 Å². The molecular weight excluding hydrogens is 280 g/mol. The van der Waals surface area contributed by atoms with Gasteiger partial charge in [-0.05, 0) is 31.2 Å². The summed E-state index contributed by atoms with van der Waals surface area (Å²) in [7, 11) is 0. The van der Waals surface area contributed by atoms with E-state index in [-0.39, 0.29) is 5.69 Å². The standard InChI is InChI=1S/C14H15ClN2O3/c1-2-7-16-9-11-4-6-14(20-11)12-8-10(17(18)19)3-5-13(12)15/h3-6,8,16H,2,7,9H2,1H3. The maximum Gasteiger partial charge on any atom is 0.270 e. The molecule has 0 fully saturated rings. The van der Waals surface area contributed by atoms with Crippen molar-refractivity contribution >= 4 is 17.3 Å². The molecule has 5 nitrogen and oxygen atoms in total. The van der Waals surface area contributed by atoms with E-state index in [1.807, 2.05) is 6.07 Å². The van der Waals surface area contributed by atoms with Gasteiger partial charge in [-0.1, -0.05) is 18.5 Å². The van der Waals surface area contributed by atoms with E-state index in [0.29, 0.717) is 22.9 Å². The van der Waals surface area contributed by atoms with Gasteiger partial charge in [0.25, 0.3) is 5.69 Å². The Morgan fingerprint density at radius 1 is 1.35 bits per heavy atom. The fourth-order valence-corrected chi connectivity index (χ4v) is 2.03. The van der Waals surface area contributed by atoms with Crippen molar-refractivity contribution < 1.29 is 9.34 Å². The van der Waals surface area contributed by atoms with Crippen molar-refractivity contribution in [3.05, 3.63) is 51.2 Å². The molecule has 1 aromatic heterocycles. The summed E-state index contributed by atoms with van der Waals surface area (Å²) < 4.78 is 5.66. The Morgan fingerprint density at radius 3 is 2.85 bits per heavy atom. The number of hydrogen-bond donors (Lipinski definition) is 1. The molecule has 1 N–H and O–H groups in total. The molecule has 1 heterocycles. The number of nitro benzene ring substituents is 1. The molecule has 0 bridgehead atoms. The first kappa shape index (κ1) is 14.6. The Hall–Kier alpha value is -1.85. The second-order valence-corrected chi connectivity index (χ2v) is 4.77. The predicted molar refractivity (Wildman–Crippen MR) is 77.8 cm³/mol. The van der Waals surface area contributed by atoms with E-state index < -0.39 is 4.92 Å². The average molecular weight is 295 g/mol. The van der Waals surface area contributed by atoms with Gasteiger partial charge >= 0.3 is 0 Å². The van der Waals surface area contributed by atoms with Gasteiger partial charge in [0.05, 0.1) is 16.5 Å². The monoisotopic (exact) mass is 294 g/mol. The van der Waals surface area contributed by atoms with Gasteiger partial charge in [-0.25, -0.2) is 0 Å². The zero-order chi connectivity index (χ0) is 14.5. The molecule has 0 radical (unpaired) electrons. The summed E-state index contributed by atoms with van der Waals surface area (Å²) in [4.78, 5) is 10.3. The van der Waals surface area contributed by atoms with Crippen molar-refractivity contribution in [2.24, 2.45) is 0 Å². The van der Waals surface area contributed by atoms with Crippen LogP contribution < -0.4 is 5.32 Å². The quantitative estimate of drug-likeness (QED) is 0.496. The van der Waals surface area contributed by atoms with Crippen LogP contribution in [0.25, 0.3) is 11.3 Å². The van der Waals surface area contributed by atoms with E-state index in [9.17, 15) is 10.1 Å². The van der Waals surface area contributed by atoms with Crippen LogP contribution in [0.1, 0.15) is 19.1 Å². The van der Waals surface area contributed by atoms with Gasteiger partial charge in [0.15, 0.2) is 0 Å². The summed E-state index contributed by atoms with van der Waals surface area (Å²) in [5, 5.41) is 14.5. The lowest BCUT2D eigenvalue weighted by atomic mass is 10.1. The SMILES string of the molecule is CCCNCc1ccc(-c2cc([N+](=O)[O-])ccc2Cl)o1. The van der Waals surface area contributed by atoms with Crippen LogP contribution in [-0.2, 0) is 6.54 Å². The largest absolute Gasteiger partial charge is 0.460 e. The number of nitrogens with zero attached hydrogens (tertiary/aromatic N) is 1. The van der Waals surface area contributed by atoms with E-state index in [4.69, 9.17) is 16.0 Å². The molecule has 1 aromatic carbocycles. The normalized spacial score (nSPS) is 10.7. The summed E-state index contributed by atoms with van der Waals surface area (Å²) in [5.41, 5.74) is 0.522. The summed E-state index contributed by atoms with van der Waals surface area (Å²) >= 11 is 6.07. The number of non-ortho nitro benzene ring substituents is 1. The highest BCUT2D eigenvalue weighted by molar-refractivity contribution is 6.33. The molecule has 0 amide bonds. The molecule has 0 aliphatic heterocycles. The lowest BCUT2D eigenvalue weighted by Crippen LogP contribution is -2.12. The van der Waals surface area contributed by atoms with Gasteiger partial charge in [-0.15, -0.1) is 0 Å². The molecule has 0 aliphatic rings. The minimum absolute atomic E-state index is 0.00791. The molecule has 0 saturated heterocycles. The smallest absolute Gasteiger partial charge is 0.270 e. The second-order valence-electron chi connectivity index (χ2n) is 4.36. The molecule has 0 atom stereocenters. The van der Waals surface area contributed by atoms with Gasteiger partial charge in [-0.3, -0.25) is 10.1 Å². The van der Waals surface area contributed by atoms with Crippen LogP contribution in [0.15, 0.2) is 34.7 Å². The van der Waals surface area contributed by atoms with E-state index in [1.165, 1.54) is 18.2 Å². The average Bonchev–Trinajstić information content (AvgIpc) is 2.88. The first-order valence-corrected chi connectivity index (χ1v) is 6.73. The number of hydrogen-bond acceptors (Lipinski definition) is 4. The predicted octanol–water partition coefficient (Wildman–Crippen LogP) is 4.01. The van der Waals surface area contributed by atoms with E-state index >= 15 is 0 Å². The van der Waals surface area contributed by atoms with Gasteiger partial charge in [-0.2, -0.15) is 0 Å². The highest BCUT2D eigenvalue weighted by Gasteiger charge is 2.14. The number of halogens is 1. The molecule has 0 unspecified atom stereocenters. The lowest BCUT2D eigenvalue weighted by Gasteiger charge is -2.02. The Balaban J connectivity index is 2.23. The molecule has 0 aliphatic carbocycles. The molecule has 2 rings (SSSR count). The Bertz CT molecular complexity index is 610. The lowest BCUT2D eigenvalue weighted by molar-refractivity contribution is -0.384. The van der Waals surface area contributed by atoms with Crippen molar-refractivity contribution in [3.63, 3.8) is 0 Å². The van der Waals surface area contributed by atoms with Gasteiger partial charge in [0, 0.05) is 17.7 Å². The second kappa shape index (κ2) is 6.54. The summed E-state index contributed by atoms with van der Waals surface area (Å²) in [6.07, 6.45) is 1.05. The van der Waals surface area contributed by atoms with Crippen LogP contribution in [0.2, 0.25) is 5.02 Å². The van der Waals surface area contributed by atoms with Crippen LogP contribution in [0.4, 0.5) is 5.69 Å². The van der Waals surface area contributed by atoms with E-state index in [0.717, 1.165) is 18.7 Å². The maximum absolute atomic E-state index is 10.8. The topological polar surface area (TPSA) is 68.3 Å². The minimum Gasteiger partial charge on any atom is -0.460 e. The zero-order valence-corrected chi connectivity index (χ0v) is 11.8. The van der Waals surface area contributed by atoms with Crippen molar-refractivity contribution in [2.45, 2.75) is 19.9 Å². The van der Waals surface area contributed by atoms with Crippen molar-refractivity contribution in [1.29, 1.82) is 0 Å². The Morgan fingerprint density at radius 2 is 2.15 bits per heavy atom. The molecular formula is C14H15ClN2O3. The van der Waals surface area contributed by atoms with Crippen LogP contribution in [0.3, 0.4) is 0 Å². The number of nitro groups is 1. The summed E-state index contributed by atoms with van der Waals surface area (Å²) in [6, 6.07) is 7.91. The molecule has 2 aromatic rings. The van der Waals surface area contributed by atoms with Crippen molar-refractivity contribution in [1.82, 2.24) is 5.32 Å². The van der Waals surface area contributed by atoms with Gasteiger partial charge in [0.1, 0.15) is 11.5 Å². The molecule has 20 heavy (non-hydrogen) atoms. The maximum atomic E-state index is 10.8. The Labute approximate surface area is 121 Å². The fourth-order valence-electron chi connectivity index (χ4n) is 1.82. The van der Waals surface area contributed by atoms with Gasteiger partial charge in [0.2, 0.25) is 0 Å². The van der Waals surface area contributed by atoms with E-state index in [1.54, 1.807) is 6.07 Å². The summed E-state index contributed by atoms with van der Waals surface area (Å²) in [6.45, 7) is 3.62. The molecule has 106 valence electrons. The van der Waals surface area contributed by atoms with Crippen LogP contribution in [0.5, 0.6) is 0 Å². The molecule has 0 saturated carbocycles. The first-order valence-electron chi connectivity index (χ1n) is 6.35. The number of furan rings is 1.